The van der Waals surface area contributed by atoms with Crippen molar-refractivity contribution in [2.24, 2.45) is 5.92 Å². The first-order valence-corrected chi connectivity index (χ1v) is 9.11. The van der Waals surface area contributed by atoms with Gasteiger partial charge in [-0.1, -0.05) is 65.2 Å². The lowest BCUT2D eigenvalue weighted by Gasteiger charge is -2.34. The number of carbonyl (C=O) groups is 1. The summed E-state index contributed by atoms with van der Waals surface area (Å²) in [6, 6.07) is 0. The highest BCUT2D eigenvalue weighted by molar-refractivity contribution is 5.76. The molecule has 1 aliphatic rings. The van der Waals surface area contributed by atoms with E-state index in [0.29, 0.717) is 6.42 Å². The highest BCUT2D eigenvalue weighted by Gasteiger charge is 2.26. The monoisotopic (exact) mass is 297 g/mol. The average molecular weight is 297 g/mol. The van der Waals surface area contributed by atoms with E-state index in [0.717, 1.165) is 25.9 Å². The Hall–Kier alpha value is -0.570. The van der Waals surface area contributed by atoms with Crippen molar-refractivity contribution in [3.63, 3.8) is 0 Å². The summed E-state index contributed by atoms with van der Waals surface area (Å²) in [7, 11) is 0. The lowest BCUT2D eigenvalue weighted by Crippen LogP contribution is -2.44. The molecule has 1 amide bonds. The molecule has 1 N–H and O–H groups in total. The van der Waals surface area contributed by atoms with E-state index in [-0.39, 0.29) is 17.9 Å². The lowest BCUT2D eigenvalue weighted by molar-refractivity contribution is -0.134. The van der Waals surface area contributed by atoms with Gasteiger partial charge >= 0.3 is 0 Å². The number of hydrogen-bond acceptors (Lipinski definition) is 2. The van der Waals surface area contributed by atoms with Crippen LogP contribution in [0.25, 0.3) is 0 Å². The number of unbranched alkanes of at least 4 members (excludes halogenated alkanes) is 8. The number of piperidine rings is 1. The molecule has 0 spiro atoms. The van der Waals surface area contributed by atoms with Gasteiger partial charge in [-0.25, -0.2) is 0 Å². The summed E-state index contributed by atoms with van der Waals surface area (Å²) in [5.41, 5.74) is 0. The molecular formula is C18H35NO2. The van der Waals surface area contributed by atoms with Crippen molar-refractivity contribution in [2.45, 2.75) is 90.6 Å². The molecule has 0 radical (unpaired) electrons. The van der Waals surface area contributed by atoms with E-state index >= 15 is 0 Å². The fourth-order valence-electron chi connectivity index (χ4n) is 3.10. The maximum Gasteiger partial charge on any atom is 0.222 e. The van der Waals surface area contributed by atoms with E-state index in [4.69, 9.17) is 0 Å². The molecule has 0 saturated carbocycles. The Bertz CT molecular complexity index is 280. The first-order valence-electron chi connectivity index (χ1n) is 9.11. The van der Waals surface area contributed by atoms with Gasteiger partial charge in [0.05, 0.1) is 6.10 Å². The minimum absolute atomic E-state index is 0.221. The predicted octanol–water partition coefficient (Wildman–Crippen LogP) is 4.14. The summed E-state index contributed by atoms with van der Waals surface area (Å²) < 4.78 is 0. The zero-order chi connectivity index (χ0) is 15.5. The summed E-state index contributed by atoms with van der Waals surface area (Å²) >= 11 is 0. The maximum atomic E-state index is 12.1. The molecule has 1 fully saturated rings. The molecule has 2 atom stereocenters. The van der Waals surface area contributed by atoms with E-state index in [1.807, 2.05) is 11.8 Å². The number of likely N-dealkylation sites (tertiary alicyclic amines) is 1. The van der Waals surface area contributed by atoms with E-state index < -0.39 is 0 Å². The molecule has 1 rings (SSSR count). The molecule has 3 nitrogen and oxygen atoms in total. The number of carbonyl (C=O) groups excluding carboxylic acids is 1. The quantitative estimate of drug-likeness (QED) is 0.616. The van der Waals surface area contributed by atoms with Gasteiger partial charge in [0.2, 0.25) is 5.91 Å². The Balaban J connectivity index is 1.96. The number of hydrogen-bond donors (Lipinski definition) is 1. The second-order valence-electron chi connectivity index (χ2n) is 6.75. The van der Waals surface area contributed by atoms with Gasteiger partial charge < -0.3 is 10.0 Å². The molecule has 1 heterocycles. The van der Waals surface area contributed by atoms with Crippen LogP contribution in [0.4, 0.5) is 0 Å². The molecule has 0 aromatic carbocycles. The van der Waals surface area contributed by atoms with Crippen LogP contribution < -0.4 is 0 Å². The van der Waals surface area contributed by atoms with Crippen LogP contribution in [-0.4, -0.2) is 35.1 Å². The van der Waals surface area contributed by atoms with Crippen LogP contribution in [0.3, 0.4) is 0 Å². The third-order valence-electron chi connectivity index (χ3n) is 4.71. The number of amides is 1. The first kappa shape index (κ1) is 18.5. The maximum absolute atomic E-state index is 12.1. The van der Waals surface area contributed by atoms with Crippen molar-refractivity contribution in [1.82, 2.24) is 4.90 Å². The van der Waals surface area contributed by atoms with E-state index in [2.05, 4.69) is 6.92 Å². The van der Waals surface area contributed by atoms with Crippen molar-refractivity contribution in [3.8, 4) is 0 Å². The number of aliphatic hydroxyl groups excluding tert-OH is 1. The van der Waals surface area contributed by atoms with Crippen LogP contribution in [0, 0.1) is 5.92 Å². The fraction of sp³-hybridized carbons (Fsp3) is 0.944. The van der Waals surface area contributed by atoms with E-state index in [9.17, 15) is 9.90 Å². The summed E-state index contributed by atoms with van der Waals surface area (Å²) in [6.07, 6.45) is 12.8. The molecule has 1 aliphatic heterocycles. The van der Waals surface area contributed by atoms with Crippen LogP contribution >= 0.6 is 0 Å². The van der Waals surface area contributed by atoms with Gasteiger partial charge in [0, 0.05) is 19.5 Å². The number of nitrogens with zero attached hydrogens (tertiary/aromatic N) is 1. The molecule has 0 aromatic heterocycles. The normalized spacial score (nSPS) is 22.5. The van der Waals surface area contributed by atoms with Gasteiger partial charge in [-0.05, 0) is 18.8 Å². The van der Waals surface area contributed by atoms with Crippen molar-refractivity contribution in [1.29, 1.82) is 0 Å². The molecule has 21 heavy (non-hydrogen) atoms. The summed E-state index contributed by atoms with van der Waals surface area (Å²) in [5, 5.41) is 9.69. The lowest BCUT2D eigenvalue weighted by atomic mass is 9.96. The Morgan fingerprint density at radius 2 is 1.62 bits per heavy atom. The zero-order valence-electron chi connectivity index (χ0n) is 14.1. The van der Waals surface area contributed by atoms with E-state index in [1.165, 1.54) is 51.4 Å². The summed E-state index contributed by atoms with van der Waals surface area (Å²) in [4.78, 5) is 14.0. The Kier molecular flexibility index (Phi) is 9.73. The topological polar surface area (TPSA) is 40.5 Å². The number of aliphatic hydroxyl groups is 1. The SMILES string of the molecule is CCCCCCCCCCCC(=O)N1CCC(O)C(C)C1. The first-order chi connectivity index (χ1) is 10.1. The molecule has 0 aliphatic carbocycles. The largest absolute Gasteiger partial charge is 0.393 e. The molecule has 0 aromatic rings. The molecule has 1 saturated heterocycles. The third-order valence-corrected chi connectivity index (χ3v) is 4.71. The van der Waals surface area contributed by atoms with Gasteiger partial charge in [-0.3, -0.25) is 4.79 Å². The molecule has 0 bridgehead atoms. The Morgan fingerprint density at radius 1 is 1.05 bits per heavy atom. The molecule has 3 heteroatoms. The standard InChI is InChI=1S/C18H35NO2/c1-3-4-5-6-7-8-9-10-11-12-18(21)19-14-13-17(20)16(2)15-19/h16-17,20H,3-15H2,1-2H3. The van der Waals surface area contributed by atoms with Gasteiger partial charge in [0.15, 0.2) is 0 Å². The molecule has 2 unspecified atom stereocenters. The van der Waals surface area contributed by atoms with Crippen LogP contribution in [0.1, 0.15) is 84.5 Å². The van der Waals surface area contributed by atoms with Crippen LogP contribution in [0.2, 0.25) is 0 Å². The minimum atomic E-state index is -0.221. The van der Waals surface area contributed by atoms with Gasteiger partial charge in [-0.2, -0.15) is 0 Å². The third kappa shape index (κ3) is 7.85. The highest BCUT2D eigenvalue weighted by atomic mass is 16.3. The fourth-order valence-corrected chi connectivity index (χ4v) is 3.10. The van der Waals surface area contributed by atoms with Crippen molar-refractivity contribution in [3.05, 3.63) is 0 Å². The second kappa shape index (κ2) is 11.1. The molecule has 124 valence electrons. The highest BCUT2D eigenvalue weighted by Crippen LogP contribution is 2.18. The molecular weight excluding hydrogens is 262 g/mol. The van der Waals surface area contributed by atoms with Crippen LogP contribution in [0.5, 0.6) is 0 Å². The van der Waals surface area contributed by atoms with Gasteiger partial charge in [0.1, 0.15) is 0 Å². The number of rotatable bonds is 10. The van der Waals surface area contributed by atoms with Crippen molar-refractivity contribution < 1.29 is 9.90 Å². The Morgan fingerprint density at radius 3 is 2.19 bits per heavy atom. The summed E-state index contributed by atoms with van der Waals surface area (Å²) in [5.74, 6) is 0.516. The summed E-state index contributed by atoms with van der Waals surface area (Å²) in [6.45, 7) is 5.75. The van der Waals surface area contributed by atoms with E-state index in [1.54, 1.807) is 0 Å². The van der Waals surface area contributed by atoms with Crippen LogP contribution in [0.15, 0.2) is 0 Å². The van der Waals surface area contributed by atoms with Gasteiger partial charge in [-0.15, -0.1) is 0 Å². The van der Waals surface area contributed by atoms with Crippen molar-refractivity contribution in [2.75, 3.05) is 13.1 Å². The predicted molar refractivity (Wildman–Crippen MR) is 88.2 cm³/mol. The van der Waals surface area contributed by atoms with Gasteiger partial charge in [0.25, 0.3) is 0 Å². The minimum Gasteiger partial charge on any atom is -0.393 e. The smallest absolute Gasteiger partial charge is 0.222 e. The van der Waals surface area contributed by atoms with Crippen molar-refractivity contribution >= 4 is 5.91 Å². The van der Waals surface area contributed by atoms with Crippen LogP contribution in [-0.2, 0) is 4.79 Å². The average Bonchev–Trinajstić information content (AvgIpc) is 2.48. The second-order valence-corrected chi connectivity index (χ2v) is 6.75. The Labute approximate surface area is 131 Å². The zero-order valence-corrected chi connectivity index (χ0v) is 14.1.